The van der Waals surface area contributed by atoms with Crippen LogP contribution in [0, 0.1) is 29.1 Å². The van der Waals surface area contributed by atoms with E-state index in [2.05, 4.69) is 27.7 Å². The van der Waals surface area contributed by atoms with Gasteiger partial charge in [0, 0.05) is 0 Å². The lowest BCUT2D eigenvalue weighted by atomic mass is 9.62. The number of rotatable bonds is 2. The van der Waals surface area contributed by atoms with Gasteiger partial charge in [-0.3, -0.25) is 0 Å². The van der Waals surface area contributed by atoms with Crippen LogP contribution >= 0.6 is 0 Å². The maximum absolute atomic E-state index is 10.9. The normalized spacial score (nSPS) is 42.5. The smallest absolute Gasteiger partial charge is 0.0601 e. The highest BCUT2D eigenvalue weighted by Gasteiger charge is 2.41. The van der Waals surface area contributed by atoms with E-state index in [-0.39, 0.29) is 6.10 Å². The van der Waals surface area contributed by atoms with Gasteiger partial charge in [0.1, 0.15) is 0 Å². The van der Waals surface area contributed by atoms with Gasteiger partial charge in [0.05, 0.1) is 6.10 Å². The van der Waals surface area contributed by atoms with Crippen LogP contribution in [0.2, 0.25) is 0 Å². The van der Waals surface area contributed by atoms with Gasteiger partial charge >= 0.3 is 0 Å². The predicted octanol–water partition coefficient (Wildman–Crippen LogP) is 4.64. The monoisotopic (exact) mass is 252 g/mol. The largest absolute Gasteiger partial charge is 0.393 e. The molecule has 2 aliphatic carbocycles. The van der Waals surface area contributed by atoms with Crippen LogP contribution in [-0.2, 0) is 0 Å². The van der Waals surface area contributed by atoms with E-state index in [0.717, 1.165) is 11.8 Å². The van der Waals surface area contributed by atoms with Crippen LogP contribution in [0.1, 0.15) is 72.6 Å². The van der Waals surface area contributed by atoms with Crippen molar-refractivity contribution in [1.29, 1.82) is 0 Å². The second-order valence-electron chi connectivity index (χ2n) is 8.01. The summed E-state index contributed by atoms with van der Waals surface area (Å²) in [5.41, 5.74) is 0.349. The van der Waals surface area contributed by atoms with Gasteiger partial charge < -0.3 is 5.11 Å². The van der Waals surface area contributed by atoms with Gasteiger partial charge in [-0.15, -0.1) is 0 Å². The summed E-state index contributed by atoms with van der Waals surface area (Å²) in [5.74, 6) is 2.71. The summed E-state index contributed by atoms with van der Waals surface area (Å²) >= 11 is 0. The molecule has 0 aliphatic heterocycles. The first kappa shape index (κ1) is 14.4. The van der Waals surface area contributed by atoms with Crippen LogP contribution in [0.5, 0.6) is 0 Å². The van der Waals surface area contributed by atoms with E-state index in [1.165, 1.54) is 44.9 Å². The fourth-order valence-corrected chi connectivity index (χ4v) is 4.77. The van der Waals surface area contributed by atoms with Crippen molar-refractivity contribution in [2.24, 2.45) is 29.1 Å². The molecule has 106 valence electrons. The molecule has 1 heteroatoms. The summed E-state index contributed by atoms with van der Waals surface area (Å²) in [6.07, 6.45) is 9.02. The highest BCUT2D eigenvalue weighted by Crippen LogP contribution is 2.46. The van der Waals surface area contributed by atoms with Gasteiger partial charge in [0.2, 0.25) is 0 Å². The fraction of sp³-hybridized carbons (Fsp3) is 1.00. The molecule has 4 atom stereocenters. The molecule has 0 spiro atoms. The van der Waals surface area contributed by atoms with Crippen LogP contribution in [0.15, 0.2) is 0 Å². The minimum Gasteiger partial charge on any atom is -0.393 e. The highest BCUT2D eigenvalue weighted by molar-refractivity contribution is 4.91. The van der Waals surface area contributed by atoms with E-state index in [4.69, 9.17) is 0 Å². The maximum Gasteiger partial charge on any atom is 0.0601 e. The molecule has 1 N–H and O–H groups in total. The van der Waals surface area contributed by atoms with Gasteiger partial charge in [0.15, 0.2) is 0 Å². The van der Waals surface area contributed by atoms with Crippen LogP contribution in [0.3, 0.4) is 0 Å². The molecule has 2 fully saturated rings. The van der Waals surface area contributed by atoms with Gasteiger partial charge in [0.25, 0.3) is 0 Å². The molecule has 1 nitrogen and oxygen atoms in total. The molecule has 0 amide bonds. The standard InChI is InChI=1S/C17H32O/c1-12-9-13(2)11-14(10-12)16(18)15-7-5-6-8-17(15,3)4/h12-16,18H,5-11H2,1-4H3. The third-order valence-corrected chi connectivity index (χ3v) is 5.70. The van der Waals surface area contributed by atoms with Gasteiger partial charge in [-0.1, -0.05) is 40.5 Å². The molecule has 0 saturated heterocycles. The summed E-state index contributed by atoms with van der Waals surface area (Å²) in [7, 11) is 0. The topological polar surface area (TPSA) is 20.2 Å². The zero-order valence-electron chi connectivity index (χ0n) is 12.8. The van der Waals surface area contributed by atoms with E-state index in [1.54, 1.807) is 0 Å². The molecule has 0 aromatic rings. The summed E-state index contributed by atoms with van der Waals surface area (Å²) in [4.78, 5) is 0. The molecule has 2 rings (SSSR count). The number of hydrogen-bond donors (Lipinski definition) is 1. The molecule has 0 aromatic carbocycles. The molecule has 4 unspecified atom stereocenters. The summed E-state index contributed by atoms with van der Waals surface area (Å²) in [5, 5.41) is 10.9. The second kappa shape index (κ2) is 5.53. The Labute approximate surface area is 113 Å². The van der Waals surface area contributed by atoms with Crippen molar-refractivity contribution < 1.29 is 5.11 Å². The van der Waals surface area contributed by atoms with E-state index in [9.17, 15) is 5.11 Å². The van der Waals surface area contributed by atoms with Crippen molar-refractivity contribution in [1.82, 2.24) is 0 Å². The Bertz CT molecular complexity index is 261. The molecular weight excluding hydrogens is 220 g/mol. The second-order valence-corrected chi connectivity index (χ2v) is 8.01. The van der Waals surface area contributed by atoms with Crippen LogP contribution in [0.25, 0.3) is 0 Å². The summed E-state index contributed by atoms with van der Waals surface area (Å²) < 4.78 is 0. The fourth-order valence-electron chi connectivity index (χ4n) is 4.77. The SMILES string of the molecule is CC1CC(C)CC(C(O)C2CCCCC2(C)C)C1. The van der Waals surface area contributed by atoms with E-state index in [1.807, 2.05) is 0 Å². The van der Waals surface area contributed by atoms with Crippen LogP contribution in [0.4, 0.5) is 0 Å². The third kappa shape index (κ3) is 3.10. The lowest BCUT2D eigenvalue weighted by Gasteiger charge is -2.45. The lowest BCUT2D eigenvalue weighted by Crippen LogP contribution is -2.42. The van der Waals surface area contributed by atoms with E-state index >= 15 is 0 Å². The first-order valence-electron chi connectivity index (χ1n) is 8.08. The molecule has 0 heterocycles. The molecule has 2 aliphatic rings. The third-order valence-electron chi connectivity index (χ3n) is 5.70. The number of hydrogen-bond acceptors (Lipinski definition) is 1. The van der Waals surface area contributed by atoms with Gasteiger partial charge in [-0.05, 0) is 61.2 Å². The van der Waals surface area contributed by atoms with Gasteiger partial charge in [-0.2, -0.15) is 0 Å². The minimum atomic E-state index is -0.0505. The number of aliphatic hydroxyl groups is 1. The Morgan fingerprint density at radius 2 is 1.61 bits per heavy atom. The lowest BCUT2D eigenvalue weighted by molar-refractivity contribution is -0.0482. The minimum absolute atomic E-state index is 0.0505. The average Bonchev–Trinajstić information content (AvgIpc) is 2.26. The molecule has 0 radical (unpaired) electrons. The van der Waals surface area contributed by atoms with Crippen LogP contribution < -0.4 is 0 Å². The first-order valence-corrected chi connectivity index (χ1v) is 8.08. The maximum atomic E-state index is 10.9. The van der Waals surface area contributed by atoms with E-state index in [0.29, 0.717) is 17.3 Å². The number of aliphatic hydroxyl groups excluding tert-OH is 1. The Balaban J connectivity index is 2.03. The Morgan fingerprint density at radius 3 is 2.17 bits per heavy atom. The Kier molecular flexibility index (Phi) is 4.41. The van der Waals surface area contributed by atoms with Crippen molar-refractivity contribution in [3.63, 3.8) is 0 Å². The summed E-state index contributed by atoms with van der Waals surface area (Å²) in [6.45, 7) is 9.47. The Hall–Kier alpha value is -0.0400. The van der Waals surface area contributed by atoms with Crippen LogP contribution in [-0.4, -0.2) is 11.2 Å². The summed E-state index contributed by atoms with van der Waals surface area (Å²) in [6, 6.07) is 0. The zero-order valence-corrected chi connectivity index (χ0v) is 12.8. The highest BCUT2D eigenvalue weighted by atomic mass is 16.3. The van der Waals surface area contributed by atoms with Gasteiger partial charge in [-0.25, -0.2) is 0 Å². The molecule has 2 saturated carbocycles. The molecular formula is C17H32O. The quantitative estimate of drug-likeness (QED) is 0.759. The molecule has 18 heavy (non-hydrogen) atoms. The first-order chi connectivity index (χ1) is 8.40. The van der Waals surface area contributed by atoms with Crippen molar-refractivity contribution >= 4 is 0 Å². The van der Waals surface area contributed by atoms with Crippen molar-refractivity contribution in [3.8, 4) is 0 Å². The van der Waals surface area contributed by atoms with Crippen molar-refractivity contribution in [2.75, 3.05) is 0 Å². The molecule has 0 bridgehead atoms. The van der Waals surface area contributed by atoms with E-state index < -0.39 is 0 Å². The average molecular weight is 252 g/mol. The predicted molar refractivity (Wildman–Crippen MR) is 77.4 cm³/mol. The Morgan fingerprint density at radius 1 is 1.00 bits per heavy atom. The molecule has 0 aromatic heterocycles. The van der Waals surface area contributed by atoms with Crippen molar-refractivity contribution in [3.05, 3.63) is 0 Å². The van der Waals surface area contributed by atoms with Crippen molar-refractivity contribution in [2.45, 2.75) is 78.7 Å². The zero-order chi connectivity index (χ0) is 13.3.